The molecule has 180 valence electrons. The van der Waals surface area contributed by atoms with Crippen LogP contribution in [0.3, 0.4) is 0 Å². The second-order valence-electron chi connectivity index (χ2n) is 9.09. The van der Waals surface area contributed by atoms with Crippen LogP contribution < -0.4 is 16.0 Å². The lowest BCUT2D eigenvalue weighted by molar-refractivity contribution is -0.126. The van der Waals surface area contributed by atoms with Crippen LogP contribution in [0, 0.1) is 0 Å². The van der Waals surface area contributed by atoms with Gasteiger partial charge < -0.3 is 25.8 Å². The van der Waals surface area contributed by atoms with Crippen LogP contribution in [0.1, 0.15) is 35.2 Å². The van der Waals surface area contributed by atoms with E-state index in [1.54, 1.807) is 18.0 Å². The smallest absolute Gasteiger partial charge is 0.252 e. The third-order valence-corrected chi connectivity index (χ3v) is 6.84. The van der Waals surface area contributed by atoms with Crippen molar-refractivity contribution in [1.82, 2.24) is 14.8 Å². The molecule has 3 N–H and O–H groups in total. The van der Waals surface area contributed by atoms with Crippen LogP contribution in [-0.4, -0.2) is 72.4 Å². The number of pyridine rings is 1. The van der Waals surface area contributed by atoms with E-state index >= 15 is 0 Å². The van der Waals surface area contributed by atoms with Crippen LogP contribution in [0.25, 0.3) is 0 Å². The molecule has 0 bridgehead atoms. The number of rotatable bonds is 9. The van der Waals surface area contributed by atoms with E-state index in [0.717, 1.165) is 37.4 Å². The number of primary amides is 1. The number of carbonyl (C=O) groups excluding carboxylic acids is 2. The molecule has 2 fully saturated rings. The minimum absolute atomic E-state index is 0.0879. The molecule has 1 atom stereocenters. The fourth-order valence-corrected chi connectivity index (χ4v) is 4.69. The first kappa shape index (κ1) is 23.8. The molecular formula is C26H34N6O2. The summed E-state index contributed by atoms with van der Waals surface area (Å²) in [6, 6.07) is 11.9. The molecule has 0 aliphatic carbocycles. The summed E-state index contributed by atoms with van der Waals surface area (Å²) in [4.78, 5) is 35.1. The number of nitrogens with one attached hydrogen (secondary N) is 1. The molecule has 1 aromatic heterocycles. The van der Waals surface area contributed by atoms with Crippen molar-refractivity contribution >= 4 is 29.1 Å². The topological polar surface area (TPSA) is 94.8 Å². The van der Waals surface area contributed by atoms with Crippen LogP contribution in [0.15, 0.2) is 49.1 Å². The van der Waals surface area contributed by atoms with E-state index in [9.17, 15) is 9.59 Å². The van der Waals surface area contributed by atoms with Gasteiger partial charge in [-0.15, -0.1) is 0 Å². The van der Waals surface area contributed by atoms with E-state index in [-0.39, 0.29) is 11.9 Å². The second-order valence-corrected chi connectivity index (χ2v) is 9.09. The van der Waals surface area contributed by atoms with E-state index in [2.05, 4.69) is 33.8 Å². The maximum Gasteiger partial charge on any atom is 0.252 e. The molecule has 0 saturated carbocycles. The Hall–Kier alpha value is -3.39. The zero-order valence-electron chi connectivity index (χ0n) is 19.9. The first-order valence-electron chi connectivity index (χ1n) is 12.0. The molecule has 34 heavy (non-hydrogen) atoms. The van der Waals surface area contributed by atoms with Crippen LogP contribution in [0.2, 0.25) is 0 Å². The normalized spacial score (nSPS) is 18.1. The highest BCUT2D eigenvalue weighted by molar-refractivity contribution is 5.98. The summed E-state index contributed by atoms with van der Waals surface area (Å²) in [6.07, 6.45) is 5.82. The SMILES string of the molecule is C=CC(=O)N(C)[C@H]1CCN(c2ccc(C(N)=O)c(Nc3ccc(CCN4CCCC4)cc3)n2)C1. The van der Waals surface area contributed by atoms with Crippen molar-refractivity contribution in [3.05, 3.63) is 60.2 Å². The van der Waals surface area contributed by atoms with Gasteiger partial charge in [-0.1, -0.05) is 18.7 Å². The quantitative estimate of drug-likeness (QED) is 0.557. The summed E-state index contributed by atoms with van der Waals surface area (Å²) in [5, 5.41) is 3.28. The summed E-state index contributed by atoms with van der Waals surface area (Å²) in [7, 11) is 1.80. The maximum absolute atomic E-state index is 12.0. The van der Waals surface area contributed by atoms with Gasteiger partial charge in [0.15, 0.2) is 0 Å². The molecular weight excluding hydrogens is 428 g/mol. The Kier molecular flexibility index (Phi) is 7.47. The predicted octanol–water partition coefficient (Wildman–Crippen LogP) is 2.79. The average Bonchev–Trinajstić information content (AvgIpc) is 3.55. The van der Waals surface area contributed by atoms with Crippen molar-refractivity contribution in [2.24, 2.45) is 5.73 Å². The van der Waals surface area contributed by atoms with Crippen LogP contribution in [0.5, 0.6) is 0 Å². The summed E-state index contributed by atoms with van der Waals surface area (Å²) < 4.78 is 0. The predicted molar refractivity (Wildman–Crippen MR) is 135 cm³/mol. The third-order valence-electron chi connectivity index (χ3n) is 6.84. The number of aromatic nitrogens is 1. The Morgan fingerprint density at radius 1 is 1.18 bits per heavy atom. The first-order chi connectivity index (χ1) is 16.4. The Balaban J connectivity index is 1.44. The number of carbonyl (C=O) groups is 2. The fourth-order valence-electron chi connectivity index (χ4n) is 4.69. The van der Waals surface area contributed by atoms with Crippen molar-refractivity contribution in [2.45, 2.75) is 31.7 Å². The number of nitrogens with two attached hydrogens (primary N) is 1. The zero-order valence-corrected chi connectivity index (χ0v) is 19.9. The van der Waals surface area contributed by atoms with Crippen molar-refractivity contribution in [2.75, 3.05) is 50.0 Å². The van der Waals surface area contributed by atoms with Gasteiger partial charge in [-0.3, -0.25) is 9.59 Å². The Labute approximate surface area is 201 Å². The van der Waals surface area contributed by atoms with Gasteiger partial charge in [-0.05, 0) is 74.7 Å². The van der Waals surface area contributed by atoms with E-state index in [0.29, 0.717) is 17.9 Å². The number of likely N-dealkylation sites (N-methyl/N-ethyl adjacent to an activating group) is 1. The molecule has 2 amide bonds. The van der Waals surface area contributed by atoms with Crippen molar-refractivity contribution in [1.29, 1.82) is 0 Å². The molecule has 0 radical (unpaired) electrons. The van der Waals surface area contributed by atoms with Gasteiger partial charge in [0, 0.05) is 32.4 Å². The monoisotopic (exact) mass is 462 g/mol. The number of hydrogen-bond donors (Lipinski definition) is 2. The first-order valence-corrected chi connectivity index (χ1v) is 12.0. The van der Waals surface area contributed by atoms with Gasteiger partial charge in [0.25, 0.3) is 5.91 Å². The van der Waals surface area contributed by atoms with E-state index in [1.165, 1.54) is 37.6 Å². The van der Waals surface area contributed by atoms with Gasteiger partial charge in [-0.2, -0.15) is 0 Å². The largest absolute Gasteiger partial charge is 0.365 e. The maximum atomic E-state index is 12.0. The molecule has 1 aromatic carbocycles. The van der Waals surface area contributed by atoms with Crippen molar-refractivity contribution < 1.29 is 9.59 Å². The molecule has 2 aliphatic rings. The minimum atomic E-state index is -0.528. The van der Waals surface area contributed by atoms with Gasteiger partial charge >= 0.3 is 0 Å². The molecule has 3 heterocycles. The minimum Gasteiger partial charge on any atom is -0.365 e. The Bertz CT molecular complexity index is 1030. The highest BCUT2D eigenvalue weighted by Crippen LogP contribution is 2.26. The van der Waals surface area contributed by atoms with Gasteiger partial charge in [-0.25, -0.2) is 4.98 Å². The summed E-state index contributed by atoms with van der Waals surface area (Å²) in [5.74, 6) is 0.569. The number of benzene rings is 1. The number of nitrogens with zero attached hydrogens (tertiary/aromatic N) is 4. The Morgan fingerprint density at radius 3 is 2.59 bits per heavy atom. The highest BCUT2D eigenvalue weighted by atomic mass is 16.2. The molecule has 0 spiro atoms. The molecule has 2 aromatic rings. The lowest BCUT2D eigenvalue weighted by Crippen LogP contribution is -2.38. The lowest BCUT2D eigenvalue weighted by atomic mass is 10.1. The number of likely N-dealkylation sites (tertiary alicyclic amines) is 1. The molecule has 4 rings (SSSR count). The van der Waals surface area contributed by atoms with Gasteiger partial charge in [0.1, 0.15) is 11.6 Å². The molecule has 8 nitrogen and oxygen atoms in total. The summed E-state index contributed by atoms with van der Waals surface area (Å²) in [6.45, 7) is 8.51. The second kappa shape index (κ2) is 10.7. The standard InChI is InChI=1S/C26H34N6O2/c1-3-24(33)30(2)21-13-17-32(18-21)23-11-10-22(25(27)34)26(29-23)28-20-8-6-19(7-9-20)12-16-31-14-4-5-15-31/h3,6-11,21H,1,4-5,12-18H2,2H3,(H2,27,34)(H,28,29)/t21-/m0/s1. The summed E-state index contributed by atoms with van der Waals surface area (Å²) >= 11 is 0. The lowest BCUT2D eigenvalue weighted by Gasteiger charge is -2.24. The highest BCUT2D eigenvalue weighted by Gasteiger charge is 2.28. The van der Waals surface area contributed by atoms with E-state index in [1.807, 2.05) is 18.2 Å². The van der Waals surface area contributed by atoms with E-state index < -0.39 is 5.91 Å². The van der Waals surface area contributed by atoms with Crippen LogP contribution in [0.4, 0.5) is 17.3 Å². The third kappa shape index (κ3) is 5.56. The molecule has 8 heteroatoms. The van der Waals surface area contributed by atoms with Crippen LogP contribution >= 0.6 is 0 Å². The average molecular weight is 463 g/mol. The number of amides is 2. The number of anilines is 3. The molecule has 2 aliphatic heterocycles. The fraction of sp³-hybridized carbons (Fsp3) is 0.423. The van der Waals surface area contributed by atoms with Gasteiger partial charge in [0.2, 0.25) is 5.91 Å². The molecule has 0 unspecified atom stereocenters. The van der Waals surface area contributed by atoms with Gasteiger partial charge in [0.05, 0.1) is 11.6 Å². The zero-order chi connectivity index (χ0) is 24.1. The van der Waals surface area contributed by atoms with Crippen molar-refractivity contribution in [3.8, 4) is 0 Å². The Morgan fingerprint density at radius 2 is 1.91 bits per heavy atom. The molecule has 2 saturated heterocycles. The van der Waals surface area contributed by atoms with Crippen molar-refractivity contribution in [3.63, 3.8) is 0 Å². The van der Waals surface area contributed by atoms with E-state index in [4.69, 9.17) is 10.7 Å². The number of hydrogen-bond acceptors (Lipinski definition) is 6. The van der Waals surface area contributed by atoms with Crippen LogP contribution in [-0.2, 0) is 11.2 Å². The summed E-state index contributed by atoms with van der Waals surface area (Å²) in [5.41, 5.74) is 8.10.